The summed E-state index contributed by atoms with van der Waals surface area (Å²) in [7, 11) is -3.80. The lowest BCUT2D eigenvalue weighted by molar-refractivity contribution is 0.0723. The van der Waals surface area contributed by atoms with Crippen LogP contribution in [0.3, 0.4) is 0 Å². The highest BCUT2D eigenvalue weighted by molar-refractivity contribution is 7.85. The molecule has 0 atom stereocenters. The van der Waals surface area contributed by atoms with Crippen LogP contribution in [0.2, 0.25) is 0 Å². The van der Waals surface area contributed by atoms with E-state index in [0.717, 1.165) is 19.3 Å². The average Bonchev–Trinajstić information content (AvgIpc) is 2.53. The van der Waals surface area contributed by atoms with Crippen molar-refractivity contribution in [2.24, 2.45) is 0 Å². The van der Waals surface area contributed by atoms with E-state index >= 15 is 0 Å². The van der Waals surface area contributed by atoms with Gasteiger partial charge in [0.1, 0.15) is 12.4 Å². The summed E-state index contributed by atoms with van der Waals surface area (Å²) in [5, 5.41) is 0. The van der Waals surface area contributed by atoms with Gasteiger partial charge in [-0.05, 0) is 30.9 Å². The fourth-order valence-corrected chi connectivity index (χ4v) is 3.44. The van der Waals surface area contributed by atoms with Gasteiger partial charge in [-0.2, -0.15) is 8.42 Å². The Bertz CT molecular complexity index is 670. The van der Waals surface area contributed by atoms with Crippen LogP contribution in [0, 0.1) is 12.3 Å². The number of carbonyl (C=O) groups excluding carboxylic acids is 1. The van der Waals surface area contributed by atoms with E-state index in [9.17, 15) is 13.2 Å². The van der Waals surface area contributed by atoms with Crippen molar-refractivity contribution in [3.63, 3.8) is 0 Å². The monoisotopic (exact) mass is 321 g/mol. The number of hydrogen-bond acceptors (Lipinski definition) is 4. The molecule has 1 fully saturated rings. The Kier molecular flexibility index (Phi) is 5.58. The lowest BCUT2D eigenvalue weighted by Gasteiger charge is -2.27. The second kappa shape index (κ2) is 7.43. The van der Waals surface area contributed by atoms with Gasteiger partial charge in [-0.25, -0.2) is 0 Å². The van der Waals surface area contributed by atoms with E-state index in [1.165, 1.54) is 0 Å². The Labute approximate surface area is 131 Å². The molecule has 0 aromatic heterocycles. The molecular weight excluding hydrogens is 302 g/mol. The molecular formula is C16H19NO4S. The number of terminal acetylenes is 1. The fourth-order valence-electron chi connectivity index (χ4n) is 2.48. The Balaban J connectivity index is 2.19. The van der Waals surface area contributed by atoms with Crippen LogP contribution in [0.5, 0.6) is 0 Å². The number of nitrogens with zero attached hydrogens (tertiary/aromatic N) is 1. The van der Waals surface area contributed by atoms with Gasteiger partial charge in [0.05, 0.1) is 0 Å². The largest absolute Gasteiger partial charge is 0.339 e. The van der Waals surface area contributed by atoms with Crippen LogP contribution in [-0.4, -0.2) is 38.9 Å². The zero-order valence-corrected chi connectivity index (χ0v) is 13.1. The first kappa shape index (κ1) is 16.5. The quantitative estimate of drug-likeness (QED) is 0.613. The first-order valence-electron chi connectivity index (χ1n) is 7.21. The topological polar surface area (TPSA) is 63.7 Å². The normalized spacial score (nSPS) is 15.3. The molecule has 0 radical (unpaired) electrons. The summed E-state index contributed by atoms with van der Waals surface area (Å²) in [5.74, 6) is 1.64. The van der Waals surface area contributed by atoms with Gasteiger partial charge < -0.3 is 4.90 Å². The van der Waals surface area contributed by atoms with Gasteiger partial charge in [-0.1, -0.05) is 24.1 Å². The van der Waals surface area contributed by atoms with Gasteiger partial charge in [-0.15, -0.1) is 6.42 Å². The molecule has 6 heteroatoms. The Morgan fingerprint density at radius 3 is 2.59 bits per heavy atom. The van der Waals surface area contributed by atoms with Gasteiger partial charge in [-0.3, -0.25) is 8.98 Å². The van der Waals surface area contributed by atoms with Crippen molar-refractivity contribution in [3.05, 3.63) is 35.4 Å². The third-order valence-electron chi connectivity index (χ3n) is 3.55. The molecule has 0 unspecified atom stereocenters. The number of carbonyl (C=O) groups is 1. The van der Waals surface area contributed by atoms with Gasteiger partial charge in [0.25, 0.3) is 16.0 Å². The molecule has 1 saturated heterocycles. The molecule has 5 nitrogen and oxygen atoms in total. The van der Waals surface area contributed by atoms with Crippen molar-refractivity contribution in [3.8, 4) is 12.3 Å². The molecule has 1 aromatic rings. The maximum atomic E-state index is 12.6. The lowest BCUT2D eigenvalue weighted by Crippen LogP contribution is -2.36. The molecule has 1 aliphatic heterocycles. The van der Waals surface area contributed by atoms with Crippen molar-refractivity contribution in [1.29, 1.82) is 0 Å². The van der Waals surface area contributed by atoms with Crippen LogP contribution < -0.4 is 0 Å². The van der Waals surface area contributed by atoms with Gasteiger partial charge in [0.2, 0.25) is 0 Å². The van der Waals surface area contributed by atoms with E-state index in [1.54, 1.807) is 29.2 Å². The minimum atomic E-state index is -3.80. The summed E-state index contributed by atoms with van der Waals surface area (Å²) < 4.78 is 28.4. The molecule has 2 rings (SSSR count). The van der Waals surface area contributed by atoms with E-state index in [1.807, 2.05) is 0 Å². The van der Waals surface area contributed by atoms with Crippen molar-refractivity contribution >= 4 is 16.0 Å². The first-order chi connectivity index (χ1) is 10.5. The van der Waals surface area contributed by atoms with Crippen molar-refractivity contribution in [2.75, 3.05) is 19.7 Å². The van der Waals surface area contributed by atoms with Crippen molar-refractivity contribution in [1.82, 2.24) is 4.90 Å². The SMILES string of the molecule is C#CCOS(=O)(=O)Cc1ccccc1C(=O)N1CCCCC1. The van der Waals surface area contributed by atoms with Gasteiger partial charge in [0.15, 0.2) is 0 Å². The Morgan fingerprint density at radius 2 is 1.91 bits per heavy atom. The Morgan fingerprint density at radius 1 is 1.23 bits per heavy atom. The van der Waals surface area contributed by atoms with E-state index in [2.05, 4.69) is 10.1 Å². The second-order valence-corrected chi connectivity index (χ2v) is 6.82. The van der Waals surface area contributed by atoms with Gasteiger partial charge >= 0.3 is 0 Å². The van der Waals surface area contributed by atoms with Crippen LogP contribution in [-0.2, 0) is 20.1 Å². The Hall–Kier alpha value is -1.84. The lowest BCUT2D eigenvalue weighted by atomic mass is 10.1. The van der Waals surface area contributed by atoms with Crippen LogP contribution in [0.1, 0.15) is 35.2 Å². The number of hydrogen-bond donors (Lipinski definition) is 0. The number of likely N-dealkylation sites (tertiary alicyclic amines) is 1. The predicted octanol–water partition coefficient (Wildman–Crippen LogP) is 1.79. The molecule has 0 bridgehead atoms. The second-order valence-electron chi connectivity index (χ2n) is 5.18. The van der Waals surface area contributed by atoms with Crippen LogP contribution in [0.15, 0.2) is 24.3 Å². The summed E-state index contributed by atoms with van der Waals surface area (Å²) in [6.07, 6.45) is 8.10. The fraction of sp³-hybridized carbons (Fsp3) is 0.438. The van der Waals surface area contributed by atoms with E-state index in [4.69, 9.17) is 6.42 Å². The maximum absolute atomic E-state index is 12.6. The third-order valence-corrected chi connectivity index (χ3v) is 4.69. The van der Waals surface area contributed by atoms with Crippen LogP contribution >= 0.6 is 0 Å². The predicted molar refractivity (Wildman–Crippen MR) is 83.6 cm³/mol. The van der Waals surface area contributed by atoms with E-state index in [0.29, 0.717) is 24.2 Å². The minimum Gasteiger partial charge on any atom is -0.339 e. The molecule has 0 saturated carbocycles. The summed E-state index contributed by atoms with van der Waals surface area (Å²) in [4.78, 5) is 14.4. The maximum Gasteiger partial charge on any atom is 0.272 e. The van der Waals surface area contributed by atoms with Crippen molar-refractivity contribution in [2.45, 2.75) is 25.0 Å². The molecule has 22 heavy (non-hydrogen) atoms. The van der Waals surface area contributed by atoms with Crippen LogP contribution in [0.25, 0.3) is 0 Å². The molecule has 0 spiro atoms. The number of rotatable bonds is 5. The van der Waals surface area contributed by atoms with E-state index < -0.39 is 10.1 Å². The van der Waals surface area contributed by atoms with Crippen molar-refractivity contribution < 1.29 is 17.4 Å². The summed E-state index contributed by atoms with van der Waals surface area (Å²) in [5.41, 5.74) is 0.854. The highest BCUT2D eigenvalue weighted by atomic mass is 32.2. The molecule has 1 aromatic carbocycles. The summed E-state index contributed by atoms with van der Waals surface area (Å²) in [6.45, 7) is 1.13. The number of amides is 1. The zero-order valence-electron chi connectivity index (χ0n) is 12.3. The number of piperidine rings is 1. The molecule has 1 heterocycles. The van der Waals surface area contributed by atoms with E-state index in [-0.39, 0.29) is 18.3 Å². The first-order valence-corrected chi connectivity index (χ1v) is 8.79. The standard InChI is InChI=1S/C16H19NO4S/c1-2-12-21-22(19,20)13-14-8-4-5-9-15(14)16(18)17-10-6-3-7-11-17/h1,4-5,8-9H,3,6-7,10-13H2. The zero-order chi connectivity index (χ0) is 16.0. The minimum absolute atomic E-state index is 0.123. The highest BCUT2D eigenvalue weighted by Gasteiger charge is 2.23. The highest BCUT2D eigenvalue weighted by Crippen LogP contribution is 2.18. The molecule has 0 N–H and O–H groups in total. The number of benzene rings is 1. The third kappa shape index (κ3) is 4.33. The summed E-state index contributed by atoms with van der Waals surface area (Å²) >= 11 is 0. The van der Waals surface area contributed by atoms with Crippen LogP contribution in [0.4, 0.5) is 0 Å². The van der Waals surface area contributed by atoms with Gasteiger partial charge in [0, 0.05) is 18.7 Å². The molecule has 1 aliphatic rings. The molecule has 1 amide bonds. The average molecular weight is 321 g/mol. The smallest absolute Gasteiger partial charge is 0.272 e. The molecule has 118 valence electrons. The molecule has 0 aliphatic carbocycles. The summed E-state index contributed by atoms with van der Waals surface area (Å²) in [6, 6.07) is 6.73.